The summed E-state index contributed by atoms with van der Waals surface area (Å²) in [5.41, 5.74) is 1.81. The number of hydrogen-bond acceptors (Lipinski definition) is 6. The quantitative estimate of drug-likeness (QED) is 0.740. The Bertz CT molecular complexity index is 737. The van der Waals surface area contributed by atoms with Crippen LogP contribution in [0.25, 0.3) is 0 Å². The van der Waals surface area contributed by atoms with Crippen molar-refractivity contribution >= 4 is 11.9 Å². The van der Waals surface area contributed by atoms with Crippen molar-refractivity contribution in [1.29, 1.82) is 0 Å². The van der Waals surface area contributed by atoms with E-state index in [-0.39, 0.29) is 23.4 Å². The van der Waals surface area contributed by atoms with E-state index in [9.17, 15) is 14.7 Å². The number of aryl methyl sites for hydroxylation is 1. The molecule has 0 saturated carbocycles. The van der Waals surface area contributed by atoms with E-state index < -0.39 is 0 Å². The van der Waals surface area contributed by atoms with Gasteiger partial charge in [-0.2, -0.15) is 0 Å². The summed E-state index contributed by atoms with van der Waals surface area (Å²) in [5.74, 6) is -0.354. The van der Waals surface area contributed by atoms with Crippen LogP contribution in [0.2, 0.25) is 0 Å². The van der Waals surface area contributed by atoms with Crippen molar-refractivity contribution in [3.8, 4) is 11.5 Å². The van der Waals surface area contributed by atoms with E-state index in [0.717, 1.165) is 12.0 Å². The lowest BCUT2D eigenvalue weighted by Crippen LogP contribution is -2.07. The first kappa shape index (κ1) is 22.0. The monoisotopic (exact) mass is 374 g/mol. The fraction of sp³-hybridized carbons (Fsp3) is 0.333. The minimum Gasteiger partial charge on any atom is -0.508 e. The predicted molar refractivity (Wildman–Crippen MR) is 102 cm³/mol. The van der Waals surface area contributed by atoms with Gasteiger partial charge in [0.15, 0.2) is 0 Å². The largest absolute Gasteiger partial charge is 0.508 e. The Morgan fingerprint density at radius 2 is 1.48 bits per heavy atom. The SMILES string of the molecule is CCCOC(=O)c1ccc(O)cc1.CCOC(=O)c1ccc(O)cc1CC. The summed E-state index contributed by atoms with van der Waals surface area (Å²) in [5, 5.41) is 18.2. The number of rotatable bonds is 6. The average Bonchev–Trinajstić information content (AvgIpc) is 2.67. The number of aromatic hydroxyl groups is 2. The normalized spacial score (nSPS) is 9.74. The smallest absolute Gasteiger partial charge is 0.338 e. The van der Waals surface area contributed by atoms with Crippen LogP contribution < -0.4 is 0 Å². The van der Waals surface area contributed by atoms with Gasteiger partial charge in [-0.05, 0) is 67.8 Å². The minimum absolute atomic E-state index is 0.145. The molecule has 0 aromatic heterocycles. The van der Waals surface area contributed by atoms with Crippen LogP contribution in [0.1, 0.15) is 53.5 Å². The molecule has 2 rings (SSSR count). The van der Waals surface area contributed by atoms with Crippen LogP contribution in [0.3, 0.4) is 0 Å². The van der Waals surface area contributed by atoms with Gasteiger partial charge < -0.3 is 19.7 Å². The molecular weight excluding hydrogens is 348 g/mol. The van der Waals surface area contributed by atoms with Crippen LogP contribution in [-0.2, 0) is 15.9 Å². The Hall–Kier alpha value is -3.02. The van der Waals surface area contributed by atoms with E-state index in [1.807, 2.05) is 13.8 Å². The highest BCUT2D eigenvalue weighted by molar-refractivity contribution is 5.91. The molecule has 0 aliphatic carbocycles. The summed E-state index contributed by atoms with van der Waals surface area (Å²) in [4.78, 5) is 22.6. The van der Waals surface area contributed by atoms with Crippen LogP contribution in [-0.4, -0.2) is 35.4 Å². The number of esters is 2. The molecular formula is C21H26O6. The molecule has 6 nitrogen and oxygen atoms in total. The number of phenols is 2. The third kappa shape index (κ3) is 7.40. The molecule has 0 atom stereocenters. The van der Waals surface area contributed by atoms with Crippen LogP contribution in [0, 0.1) is 0 Å². The first-order chi connectivity index (χ1) is 12.9. The highest BCUT2D eigenvalue weighted by atomic mass is 16.5. The van der Waals surface area contributed by atoms with Gasteiger partial charge in [0, 0.05) is 0 Å². The number of carbonyl (C=O) groups is 2. The standard InChI is InChI=1S/C11H14O3.C10H12O3/c1-3-8-7-9(12)5-6-10(8)11(13)14-4-2;1-2-7-13-10(12)8-3-5-9(11)6-4-8/h5-7,12H,3-4H2,1-2H3;3-6,11H,2,7H2,1H3. The van der Waals surface area contributed by atoms with Crippen LogP contribution in [0.15, 0.2) is 42.5 Å². The maximum absolute atomic E-state index is 11.4. The zero-order valence-corrected chi connectivity index (χ0v) is 15.9. The molecule has 0 unspecified atom stereocenters. The maximum Gasteiger partial charge on any atom is 0.338 e. The molecule has 0 heterocycles. The van der Waals surface area contributed by atoms with Gasteiger partial charge in [-0.15, -0.1) is 0 Å². The first-order valence-corrected chi connectivity index (χ1v) is 8.88. The number of ether oxygens (including phenoxy) is 2. The van der Waals surface area contributed by atoms with Crippen LogP contribution >= 0.6 is 0 Å². The lowest BCUT2D eigenvalue weighted by Gasteiger charge is -2.07. The van der Waals surface area contributed by atoms with Gasteiger partial charge in [0.1, 0.15) is 11.5 Å². The Labute approximate surface area is 159 Å². The first-order valence-electron chi connectivity index (χ1n) is 8.88. The summed E-state index contributed by atoms with van der Waals surface area (Å²) in [6.07, 6.45) is 1.51. The molecule has 0 saturated heterocycles. The van der Waals surface area contributed by atoms with Gasteiger partial charge in [0.05, 0.1) is 24.3 Å². The fourth-order valence-corrected chi connectivity index (χ4v) is 2.16. The summed E-state index contributed by atoms with van der Waals surface area (Å²) in [6, 6.07) is 10.7. The van der Waals surface area contributed by atoms with Crippen LogP contribution in [0.5, 0.6) is 11.5 Å². The Morgan fingerprint density at radius 1 is 0.852 bits per heavy atom. The van der Waals surface area contributed by atoms with Crippen molar-refractivity contribution in [1.82, 2.24) is 0 Å². The third-order valence-electron chi connectivity index (χ3n) is 3.51. The zero-order chi connectivity index (χ0) is 20.2. The van der Waals surface area contributed by atoms with E-state index in [4.69, 9.17) is 14.6 Å². The Kier molecular flexibility index (Phi) is 9.43. The van der Waals surface area contributed by atoms with Crippen molar-refractivity contribution < 1.29 is 29.3 Å². The minimum atomic E-state index is -0.346. The Morgan fingerprint density at radius 3 is 2.04 bits per heavy atom. The van der Waals surface area contributed by atoms with Gasteiger partial charge in [-0.25, -0.2) is 9.59 Å². The van der Waals surface area contributed by atoms with E-state index in [1.54, 1.807) is 19.1 Å². The van der Waals surface area contributed by atoms with Gasteiger partial charge in [-0.1, -0.05) is 13.8 Å². The molecule has 0 spiro atoms. The third-order valence-corrected chi connectivity index (χ3v) is 3.51. The predicted octanol–water partition coefficient (Wildman–Crippen LogP) is 4.09. The highest BCUT2D eigenvalue weighted by Crippen LogP contribution is 2.18. The summed E-state index contributed by atoms with van der Waals surface area (Å²) in [7, 11) is 0. The van der Waals surface area contributed by atoms with Crippen molar-refractivity contribution in [3.63, 3.8) is 0 Å². The zero-order valence-electron chi connectivity index (χ0n) is 15.9. The van der Waals surface area contributed by atoms with E-state index in [2.05, 4.69) is 0 Å². The number of benzene rings is 2. The molecule has 0 fully saturated rings. The molecule has 27 heavy (non-hydrogen) atoms. The highest BCUT2D eigenvalue weighted by Gasteiger charge is 2.11. The fourth-order valence-electron chi connectivity index (χ4n) is 2.16. The topological polar surface area (TPSA) is 93.1 Å². The van der Waals surface area contributed by atoms with Crippen molar-refractivity contribution in [2.45, 2.75) is 33.6 Å². The number of phenolic OH excluding ortho intramolecular Hbond substituents is 2. The maximum atomic E-state index is 11.4. The van der Waals surface area contributed by atoms with Gasteiger partial charge in [0.25, 0.3) is 0 Å². The van der Waals surface area contributed by atoms with E-state index >= 15 is 0 Å². The average molecular weight is 374 g/mol. The molecule has 2 N–H and O–H groups in total. The summed E-state index contributed by atoms with van der Waals surface area (Å²) >= 11 is 0. The van der Waals surface area contributed by atoms with Crippen molar-refractivity contribution in [2.75, 3.05) is 13.2 Å². The van der Waals surface area contributed by atoms with Gasteiger partial charge >= 0.3 is 11.9 Å². The molecule has 0 aliphatic rings. The summed E-state index contributed by atoms with van der Waals surface area (Å²) < 4.78 is 9.79. The molecule has 0 bridgehead atoms. The molecule has 146 valence electrons. The lowest BCUT2D eigenvalue weighted by molar-refractivity contribution is 0.0501. The van der Waals surface area contributed by atoms with E-state index in [0.29, 0.717) is 30.8 Å². The second kappa shape index (κ2) is 11.6. The Balaban J connectivity index is 0.000000271. The summed E-state index contributed by atoms with van der Waals surface area (Å²) in [6.45, 7) is 6.42. The number of hydrogen-bond donors (Lipinski definition) is 2. The molecule has 0 aliphatic heterocycles. The molecule has 2 aromatic rings. The second-order valence-electron chi connectivity index (χ2n) is 5.60. The lowest BCUT2D eigenvalue weighted by atomic mass is 10.1. The van der Waals surface area contributed by atoms with Crippen LogP contribution in [0.4, 0.5) is 0 Å². The number of carbonyl (C=O) groups excluding carboxylic acids is 2. The molecule has 2 aromatic carbocycles. The second-order valence-corrected chi connectivity index (χ2v) is 5.60. The van der Waals surface area contributed by atoms with Crippen molar-refractivity contribution in [3.05, 3.63) is 59.2 Å². The molecule has 0 radical (unpaired) electrons. The van der Waals surface area contributed by atoms with E-state index in [1.165, 1.54) is 30.3 Å². The van der Waals surface area contributed by atoms with Gasteiger partial charge in [0.2, 0.25) is 0 Å². The van der Waals surface area contributed by atoms with Gasteiger partial charge in [-0.3, -0.25) is 0 Å². The molecule has 0 amide bonds. The molecule has 6 heteroatoms. The van der Waals surface area contributed by atoms with Crippen molar-refractivity contribution in [2.24, 2.45) is 0 Å².